The van der Waals surface area contributed by atoms with Gasteiger partial charge in [-0.25, -0.2) is 0 Å². The summed E-state index contributed by atoms with van der Waals surface area (Å²) >= 11 is 0. The minimum Gasteiger partial charge on any atom is -0.361 e. The Morgan fingerprint density at radius 3 is 2.44 bits per heavy atom. The summed E-state index contributed by atoms with van der Waals surface area (Å²) in [6.07, 6.45) is 0. The number of benzene rings is 2. The third-order valence-electron chi connectivity index (χ3n) is 3.37. The molecule has 2 aromatic carbocycles. The summed E-state index contributed by atoms with van der Waals surface area (Å²) in [6, 6.07) is 18.9. The monoisotopic (exact) mass is 210 g/mol. The fraction of sp³-hybridized carbons (Fsp3) is 0.200. The van der Waals surface area contributed by atoms with Gasteiger partial charge in [0.25, 0.3) is 0 Å². The summed E-state index contributed by atoms with van der Waals surface area (Å²) in [6.45, 7) is 2.86. The highest BCUT2D eigenvalue weighted by atomic mass is 16.5. The zero-order valence-electron chi connectivity index (χ0n) is 9.31. The first-order valence-electron chi connectivity index (χ1n) is 5.58. The molecule has 16 heavy (non-hydrogen) atoms. The first-order chi connectivity index (χ1) is 7.81. The van der Waals surface area contributed by atoms with E-state index in [0.29, 0.717) is 6.61 Å². The summed E-state index contributed by atoms with van der Waals surface area (Å²) in [7, 11) is 0. The van der Waals surface area contributed by atoms with Gasteiger partial charge < -0.3 is 4.74 Å². The molecule has 0 N–H and O–H groups in total. The van der Waals surface area contributed by atoms with E-state index in [9.17, 15) is 0 Å². The van der Waals surface area contributed by atoms with E-state index in [1.54, 1.807) is 0 Å². The summed E-state index contributed by atoms with van der Waals surface area (Å²) in [5.74, 6) is 0. The molecule has 0 aliphatic carbocycles. The predicted octanol–water partition coefficient (Wildman–Crippen LogP) is 3.48. The van der Waals surface area contributed by atoms with Gasteiger partial charge >= 0.3 is 0 Å². The third kappa shape index (κ3) is 1.29. The van der Waals surface area contributed by atoms with Crippen LogP contribution in [0.1, 0.15) is 23.6 Å². The van der Waals surface area contributed by atoms with Crippen molar-refractivity contribution in [1.29, 1.82) is 0 Å². The zero-order valence-corrected chi connectivity index (χ0v) is 9.31. The van der Waals surface area contributed by atoms with Crippen LogP contribution >= 0.6 is 0 Å². The van der Waals surface area contributed by atoms with E-state index in [1.165, 1.54) is 16.7 Å². The lowest BCUT2D eigenvalue weighted by Crippen LogP contribution is -2.22. The van der Waals surface area contributed by atoms with Crippen molar-refractivity contribution in [1.82, 2.24) is 0 Å². The Morgan fingerprint density at radius 2 is 1.62 bits per heavy atom. The predicted molar refractivity (Wildman–Crippen MR) is 64.1 cm³/mol. The maximum atomic E-state index is 6.00. The van der Waals surface area contributed by atoms with Crippen LogP contribution in [0.3, 0.4) is 0 Å². The van der Waals surface area contributed by atoms with Crippen molar-refractivity contribution in [3.63, 3.8) is 0 Å². The molecule has 0 spiro atoms. The van der Waals surface area contributed by atoms with Crippen LogP contribution in [-0.2, 0) is 16.9 Å². The van der Waals surface area contributed by atoms with Gasteiger partial charge in [-0.05, 0) is 23.6 Å². The van der Waals surface area contributed by atoms with Crippen LogP contribution in [0.15, 0.2) is 54.6 Å². The normalized spacial score (nSPS) is 23.1. The average Bonchev–Trinajstić information content (AvgIpc) is 2.71. The third-order valence-corrected chi connectivity index (χ3v) is 3.37. The summed E-state index contributed by atoms with van der Waals surface area (Å²) in [5, 5.41) is 0. The highest BCUT2D eigenvalue weighted by Gasteiger charge is 2.36. The molecule has 1 nitrogen and oxygen atoms in total. The Bertz CT molecular complexity index is 504. The molecule has 1 atom stereocenters. The van der Waals surface area contributed by atoms with Crippen molar-refractivity contribution < 1.29 is 4.74 Å². The summed E-state index contributed by atoms with van der Waals surface area (Å²) in [4.78, 5) is 0. The van der Waals surface area contributed by atoms with Crippen LogP contribution in [0, 0.1) is 0 Å². The van der Waals surface area contributed by atoms with Crippen LogP contribution in [-0.4, -0.2) is 0 Å². The molecular weight excluding hydrogens is 196 g/mol. The van der Waals surface area contributed by atoms with Crippen molar-refractivity contribution in [2.45, 2.75) is 19.1 Å². The molecule has 1 unspecified atom stereocenters. The van der Waals surface area contributed by atoms with Crippen LogP contribution in [0.5, 0.6) is 0 Å². The number of rotatable bonds is 1. The molecule has 1 aliphatic heterocycles. The molecule has 2 aromatic rings. The highest BCUT2D eigenvalue weighted by molar-refractivity contribution is 5.42. The zero-order chi connectivity index (χ0) is 11.0. The van der Waals surface area contributed by atoms with Gasteiger partial charge in [0.05, 0.1) is 6.61 Å². The van der Waals surface area contributed by atoms with Gasteiger partial charge in [0.15, 0.2) is 0 Å². The molecule has 0 saturated heterocycles. The first kappa shape index (κ1) is 9.61. The van der Waals surface area contributed by atoms with E-state index >= 15 is 0 Å². The molecular formula is C15H14O. The second-order valence-corrected chi connectivity index (χ2v) is 4.35. The van der Waals surface area contributed by atoms with Crippen molar-refractivity contribution in [2.75, 3.05) is 0 Å². The quantitative estimate of drug-likeness (QED) is 0.700. The lowest BCUT2D eigenvalue weighted by molar-refractivity contribution is 0.00971. The van der Waals surface area contributed by atoms with E-state index in [1.807, 2.05) is 6.07 Å². The molecule has 1 heteroatoms. The minimum atomic E-state index is -0.280. The van der Waals surface area contributed by atoms with Crippen molar-refractivity contribution in [3.8, 4) is 0 Å². The Kier molecular flexibility index (Phi) is 2.08. The van der Waals surface area contributed by atoms with Crippen molar-refractivity contribution in [2.24, 2.45) is 0 Å². The highest BCUT2D eigenvalue weighted by Crippen LogP contribution is 2.41. The fourth-order valence-corrected chi connectivity index (χ4v) is 2.41. The molecule has 0 amide bonds. The van der Waals surface area contributed by atoms with Gasteiger partial charge in [-0.2, -0.15) is 0 Å². The Morgan fingerprint density at radius 1 is 0.938 bits per heavy atom. The van der Waals surface area contributed by atoms with Gasteiger partial charge in [-0.1, -0.05) is 54.6 Å². The van der Waals surface area contributed by atoms with E-state index in [2.05, 4.69) is 55.5 Å². The first-order valence-corrected chi connectivity index (χ1v) is 5.58. The van der Waals surface area contributed by atoms with Crippen LogP contribution in [0.25, 0.3) is 0 Å². The van der Waals surface area contributed by atoms with Crippen molar-refractivity contribution in [3.05, 3.63) is 71.3 Å². The molecule has 0 bridgehead atoms. The van der Waals surface area contributed by atoms with E-state index in [4.69, 9.17) is 4.74 Å². The van der Waals surface area contributed by atoms with E-state index in [-0.39, 0.29) is 5.60 Å². The standard InChI is InChI=1S/C15H14O/c1-15(13-8-3-2-4-9-13)14-10-6-5-7-12(14)11-16-15/h2-10H,11H2,1H3. The maximum Gasteiger partial charge on any atom is 0.116 e. The SMILES string of the molecule is CC1(c2ccccc2)OCc2ccccc21. The maximum absolute atomic E-state index is 6.00. The second-order valence-electron chi connectivity index (χ2n) is 4.35. The molecule has 0 saturated carbocycles. The molecule has 0 radical (unpaired) electrons. The second kappa shape index (κ2) is 3.46. The Labute approximate surface area is 95.7 Å². The molecule has 1 aliphatic rings. The summed E-state index contributed by atoms with van der Waals surface area (Å²) < 4.78 is 6.00. The van der Waals surface area contributed by atoms with Crippen LogP contribution < -0.4 is 0 Å². The topological polar surface area (TPSA) is 9.23 Å². The van der Waals surface area contributed by atoms with Gasteiger partial charge in [-0.3, -0.25) is 0 Å². The minimum absolute atomic E-state index is 0.280. The van der Waals surface area contributed by atoms with Gasteiger partial charge in [0.2, 0.25) is 0 Å². The lowest BCUT2D eigenvalue weighted by atomic mass is 9.87. The molecule has 1 heterocycles. The molecule has 80 valence electrons. The molecule has 0 aromatic heterocycles. The van der Waals surface area contributed by atoms with E-state index in [0.717, 1.165) is 0 Å². The largest absolute Gasteiger partial charge is 0.361 e. The van der Waals surface area contributed by atoms with Crippen LogP contribution in [0.2, 0.25) is 0 Å². The van der Waals surface area contributed by atoms with Crippen molar-refractivity contribution >= 4 is 0 Å². The lowest BCUT2D eigenvalue weighted by Gasteiger charge is -2.25. The smallest absolute Gasteiger partial charge is 0.116 e. The van der Waals surface area contributed by atoms with Crippen LogP contribution in [0.4, 0.5) is 0 Å². The molecule has 3 rings (SSSR count). The average molecular weight is 210 g/mol. The number of hydrogen-bond donors (Lipinski definition) is 0. The molecule has 0 fully saturated rings. The number of ether oxygens (including phenoxy) is 1. The van der Waals surface area contributed by atoms with Gasteiger partial charge in [0, 0.05) is 0 Å². The Balaban J connectivity index is 2.15. The number of hydrogen-bond acceptors (Lipinski definition) is 1. The number of fused-ring (bicyclic) bond motifs is 1. The summed E-state index contributed by atoms with van der Waals surface area (Å²) in [5.41, 5.74) is 3.53. The van der Waals surface area contributed by atoms with Gasteiger partial charge in [0.1, 0.15) is 5.60 Å². The Hall–Kier alpha value is -1.60. The van der Waals surface area contributed by atoms with Gasteiger partial charge in [-0.15, -0.1) is 0 Å². The fourth-order valence-electron chi connectivity index (χ4n) is 2.41. The van der Waals surface area contributed by atoms with E-state index < -0.39 is 0 Å².